The smallest absolute Gasteiger partial charge is 0.305 e. The molecular formula is C14H20N3O9+. The van der Waals surface area contributed by atoms with E-state index in [0.717, 1.165) is 27.7 Å². The molecular weight excluding hydrogens is 354 g/mol. The van der Waals surface area contributed by atoms with Gasteiger partial charge >= 0.3 is 23.9 Å². The zero-order valence-corrected chi connectivity index (χ0v) is 14.7. The van der Waals surface area contributed by atoms with E-state index < -0.39 is 54.5 Å². The van der Waals surface area contributed by atoms with Crippen molar-refractivity contribution in [2.24, 2.45) is 5.11 Å². The van der Waals surface area contributed by atoms with E-state index in [1.165, 1.54) is 0 Å². The van der Waals surface area contributed by atoms with Crippen molar-refractivity contribution < 1.29 is 42.9 Å². The third-order valence-electron chi connectivity index (χ3n) is 3.14. The number of ether oxygens (including phenoxy) is 5. The average Bonchev–Trinajstić information content (AvgIpc) is 2.49. The predicted octanol–water partition coefficient (Wildman–Crippen LogP) is -0.380. The molecule has 0 aliphatic carbocycles. The van der Waals surface area contributed by atoms with E-state index in [2.05, 4.69) is 10.0 Å². The van der Waals surface area contributed by atoms with Crippen LogP contribution in [0.25, 0.3) is 0 Å². The lowest BCUT2D eigenvalue weighted by Gasteiger charge is -2.40. The molecule has 26 heavy (non-hydrogen) atoms. The zero-order valence-electron chi connectivity index (χ0n) is 14.7. The normalized spacial score (nSPS) is 27.5. The SMILES string of the molecule is CC(=O)OC[C@H]1O[C@H](OC(C)=O)[C@H](N=[N+]=N)[C@@H](OC(C)=O)[C@@H]1OC(C)=O. The largest absolute Gasteiger partial charge is 0.463 e. The first-order valence-corrected chi connectivity index (χ1v) is 7.52. The van der Waals surface area contributed by atoms with Gasteiger partial charge in [-0.05, 0) is 0 Å². The van der Waals surface area contributed by atoms with Gasteiger partial charge in [-0.3, -0.25) is 19.2 Å². The first-order chi connectivity index (χ1) is 12.1. The molecule has 5 atom stereocenters. The van der Waals surface area contributed by atoms with E-state index in [1.807, 2.05) is 0 Å². The maximum absolute atomic E-state index is 11.5. The molecule has 0 aromatic rings. The van der Waals surface area contributed by atoms with Crippen molar-refractivity contribution in [1.82, 2.24) is 4.91 Å². The summed E-state index contributed by atoms with van der Waals surface area (Å²) in [7, 11) is 0. The minimum absolute atomic E-state index is 0.368. The predicted molar refractivity (Wildman–Crippen MR) is 79.2 cm³/mol. The third kappa shape index (κ3) is 6.22. The maximum Gasteiger partial charge on any atom is 0.305 e. The lowest BCUT2D eigenvalue weighted by atomic mass is 9.97. The van der Waals surface area contributed by atoms with Gasteiger partial charge < -0.3 is 23.7 Å². The van der Waals surface area contributed by atoms with Gasteiger partial charge in [-0.15, -0.1) is 0 Å². The molecule has 0 aromatic heterocycles. The van der Waals surface area contributed by atoms with Crippen molar-refractivity contribution in [3.8, 4) is 0 Å². The molecule has 0 bridgehead atoms. The van der Waals surface area contributed by atoms with E-state index >= 15 is 0 Å². The Kier molecular flexibility index (Phi) is 7.81. The van der Waals surface area contributed by atoms with E-state index in [1.54, 1.807) is 0 Å². The highest BCUT2D eigenvalue weighted by molar-refractivity contribution is 5.68. The van der Waals surface area contributed by atoms with Crippen LogP contribution in [-0.2, 0) is 42.9 Å². The van der Waals surface area contributed by atoms with Gasteiger partial charge in [0, 0.05) is 27.7 Å². The van der Waals surface area contributed by atoms with Crippen LogP contribution in [0.15, 0.2) is 5.11 Å². The van der Waals surface area contributed by atoms with Gasteiger partial charge in [0.1, 0.15) is 23.4 Å². The molecule has 0 amide bonds. The molecule has 1 heterocycles. The number of nitrogens with one attached hydrogen (secondary N) is 1. The Hall–Kier alpha value is -2.85. The number of hydrogen-bond donors (Lipinski definition) is 1. The van der Waals surface area contributed by atoms with Crippen molar-refractivity contribution >= 4 is 23.9 Å². The minimum atomic E-state index is -1.40. The second-order valence-electron chi connectivity index (χ2n) is 5.31. The number of nitrogens with zero attached hydrogens (tertiary/aromatic N) is 2. The Bertz CT molecular complexity index is 617. The summed E-state index contributed by atoms with van der Waals surface area (Å²) in [6, 6.07) is -1.27. The highest BCUT2D eigenvalue weighted by Gasteiger charge is 2.54. The molecule has 144 valence electrons. The molecule has 12 heteroatoms. The van der Waals surface area contributed by atoms with Gasteiger partial charge in [0.25, 0.3) is 0 Å². The van der Waals surface area contributed by atoms with Crippen LogP contribution >= 0.6 is 0 Å². The van der Waals surface area contributed by atoms with Crippen molar-refractivity contribution in [2.45, 2.75) is 58.3 Å². The highest BCUT2D eigenvalue weighted by Crippen LogP contribution is 2.29. The molecule has 1 aliphatic heterocycles. The number of carbonyl (C=O) groups excluding carboxylic acids is 4. The van der Waals surface area contributed by atoms with E-state index in [-0.39, 0.29) is 6.61 Å². The summed E-state index contributed by atoms with van der Waals surface area (Å²) in [5, 5.41) is 3.55. The van der Waals surface area contributed by atoms with Gasteiger partial charge in [0.05, 0.1) is 0 Å². The molecule has 0 saturated carbocycles. The molecule has 0 spiro atoms. The summed E-state index contributed by atoms with van der Waals surface area (Å²) in [6.45, 7) is 4.13. The van der Waals surface area contributed by atoms with Gasteiger partial charge in [-0.1, -0.05) is 0 Å². The Morgan fingerprint density at radius 3 is 1.92 bits per heavy atom. The lowest BCUT2D eigenvalue weighted by Crippen LogP contribution is -2.61. The Labute approximate surface area is 148 Å². The third-order valence-corrected chi connectivity index (χ3v) is 3.14. The van der Waals surface area contributed by atoms with Crippen LogP contribution in [0.3, 0.4) is 0 Å². The Morgan fingerprint density at radius 1 is 0.923 bits per heavy atom. The second-order valence-corrected chi connectivity index (χ2v) is 5.31. The summed E-state index contributed by atoms with van der Waals surface area (Å²) in [5.74, 6) is -2.83. The summed E-state index contributed by atoms with van der Waals surface area (Å²) in [5.41, 5.74) is 6.92. The molecule has 12 nitrogen and oxygen atoms in total. The molecule has 0 aromatic carbocycles. The molecule has 1 fully saturated rings. The van der Waals surface area contributed by atoms with Crippen LogP contribution in [0.4, 0.5) is 0 Å². The van der Waals surface area contributed by atoms with Crippen LogP contribution in [0, 0.1) is 5.53 Å². The lowest BCUT2D eigenvalue weighted by molar-refractivity contribution is -0.267. The van der Waals surface area contributed by atoms with Crippen LogP contribution in [0.5, 0.6) is 0 Å². The van der Waals surface area contributed by atoms with E-state index in [0.29, 0.717) is 0 Å². The van der Waals surface area contributed by atoms with Gasteiger partial charge in [0.15, 0.2) is 12.2 Å². The maximum atomic E-state index is 11.5. The van der Waals surface area contributed by atoms with Crippen LogP contribution in [0.1, 0.15) is 27.7 Å². The average molecular weight is 374 g/mol. The fourth-order valence-electron chi connectivity index (χ4n) is 2.34. The molecule has 1 N–H and O–H groups in total. The highest BCUT2D eigenvalue weighted by atomic mass is 16.7. The topological polar surface area (TPSA) is 165 Å². The quantitative estimate of drug-likeness (QED) is 0.282. The van der Waals surface area contributed by atoms with E-state index in [4.69, 9.17) is 29.2 Å². The molecule has 1 aliphatic rings. The van der Waals surface area contributed by atoms with Crippen molar-refractivity contribution in [3.05, 3.63) is 0 Å². The Morgan fingerprint density at radius 2 is 1.46 bits per heavy atom. The number of rotatable bonds is 6. The van der Waals surface area contributed by atoms with E-state index in [9.17, 15) is 19.2 Å². The standard InChI is InChI=1S/C14H20N3O9/c1-6(18)22-5-10-12(23-7(2)19)13(24-8(3)20)11(16-17-15)14(26-10)25-9(4)21/h10-15H,5H2,1-4H3/q+1/t10-,11-,12-,13-,14+/m1/s1. The van der Waals surface area contributed by atoms with Crippen molar-refractivity contribution in [1.29, 1.82) is 5.53 Å². The molecule has 1 saturated heterocycles. The number of esters is 4. The van der Waals surface area contributed by atoms with Crippen LogP contribution in [0.2, 0.25) is 0 Å². The van der Waals surface area contributed by atoms with Gasteiger partial charge in [-0.2, -0.15) is 0 Å². The molecule has 0 radical (unpaired) electrons. The van der Waals surface area contributed by atoms with Gasteiger partial charge in [-0.25, -0.2) is 0 Å². The first kappa shape index (κ1) is 21.2. The van der Waals surface area contributed by atoms with Crippen molar-refractivity contribution in [3.63, 3.8) is 0 Å². The Balaban J connectivity index is 3.28. The summed E-state index contributed by atoms with van der Waals surface area (Å²) in [6.07, 6.45) is -5.05. The summed E-state index contributed by atoms with van der Waals surface area (Å²) >= 11 is 0. The number of hydrogen-bond acceptors (Lipinski definition) is 11. The summed E-state index contributed by atoms with van der Waals surface area (Å²) in [4.78, 5) is 48.2. The zero-order chi connectivity index (χ0) is 19.9. The van der Waals surface area contributed by atoms with Crippen LogP contribution in [-0.4, -0.2) is 61.1 Å². The molecule has 0 unspecified atom stereocenters. The summed E-state index contributed by atoms with van der Waals surface area (Å²) < 4.78 is 25.7. The first-order valence-electron chi connectivity index (χ1n) is 7.52. The second kappa shape index (κ2) is 9.59. The van der Waals surface area contributed by atoms with Crippen LogP contribution < -0.4 is 4.91 Å². The van der Waals surface area contributed by atoms with Crippen molar-refractivity contribution in [2.75, 3.05) is 6.61 Å². The monoisotopic (exact) mass is 374 g/mol. The fraction of sp³-hybridized carbons (Fsp3) is 0.714. The number of carbonyl (C=O) groups is 4. The molecule has 1 rings (SSSR count). The minimum Gasteiger partial charge on any atom is -0.463 e. The van der Waals surface area contributed by atoms with Gasteiger partial charge in [0.2, 0.25) is 17.2 Å². The fourth-order valence-corrected chi connectivity index (χ4v) is 2.34.